The second-order valence-corrected chi connectivity index (χ2v) is 12.1. The van der Waals surface area contributed by atoms with Crippen LogP contribution >= 0.6 is 11.6 Å². The van der Waals surface area contributed by atoms with Gasteiger partial charge >= 0.3 is 0 Å². The minimum atomic E-state index is -2.34. The summed E-state index contributed by atoms with van der Waals surface area (Å²) in [6, 6.07) is 0. The fraction of sp³-hybridized carbons (Fsp3) is 0.769. The number of halogens is 3. The van der Waals surface area contributed by atoms with E-state index in [-0.39, 0.29) is 29.9 Å². The fourth-order valence-electron chi connectivity index (χ4n) is 8.32. The number of aliphatic hydroxyl groups excluding tert-OH is 1. The Hall–Kier alpha value is -1.23. The first kappa shape index (κ1) is 26.4. The molecule has 7 nitrogen and oxygen atoms in total. The molecule has 0 radical (unpaired) electrons. The van der Waals surface area contributed by atoms with E-state index >= 15 is 8.78 Å². The van der Waals surface area contributed by atoms with E-state index in [1.54, 1.807) is 20.8 Å². The SMILES string of the molecule is COC(OC)C(=O)[C@@]12OC(C)(C)O[C@@H]1C[C@H]1[C@@H]3C[C@H](F)C4=C(Cl)C(=O)C=C[C@]4(C)[C@@]3(F)[C@@H](O)C[C@@]12C. The summed E-state index contributed by atoms with van der Waals surface area (Å²) in [4.78, 5) is 26.2. The highest BCUT2D eigenvalue weighted by Gasteiger charge is 2.81. The number of ether oxygens (including phenoxy) is 4. The molecule has 4 fully saturated rings. The number of fused-ring (bicyclic) bond motifs is 7. The molecule has 0 unspecified atom stereocenters. The molecule has 0 aromatic rings. The Bertz CT molecular complexity index is 1070. The first-order chi connectivity index (χ1) is 16.6. The van der Waals surface area contributed by atoms with Crippen molar-refractivity contribution in [2.24, 2.45) is 22.7 Å². The predicted octanol–water partition coefficient (Wildman–Crippen LogP) is 3.56. The summed E-state index contributed by atoms with van der Waals surface area (Å²) >= 11 is 6.22. The van der Waals surface area contributed by atoms with Crippen LogP contribution in [0.2, 0.25) is 0 Å². The maximum atomic E-state index is 17.5. The molecule has 1 saturated heterocycles. The first-order valence-corrected chi connectivity index (χ1v) is 12.6. The van der Waals surface area contributed by atoms with E-state index in [1.807, 2.05) is 0 Å². The summed E-state index contributed by atoms with van der Waals surface area (Å²) in [5.41, 5.74) is -6.86. The topological polar surface area (TPSA) is 91.3 Å². The minimum Gasteiger partial charge on any atom is -0.390 e. The van der Waals surface area contributed by atoms with E-state index in [9.17, 15) is 14.7 Å². The van der Waals surface area contributed by atoms with Crippen LogP contribution in [-0.4, -0.2) is 72.6 Å². The lowest BCUT2D eigenvalue weighted by molar-refractivity contribution is -0.254. The van der Waals surface area contributed by atoms with Gasteiger partial charge in [0, 0.05) is 31.0 Å². The predicted molar refractivity (Wildman–Crippen MR) is 124 cm³/mol. The van der Waals surface area contributed by atoms with Gasteiger partial charge in [0.1, 0.15) is 6.17 Å². The molecule has 5 aliphatic rings. The molecule has 1 N–H and O–H groups in total. The second-order valence-electron chi connectivity index (χ2n) is 11.7. The van der Waals surface area contributed by atoms with Crippen LogP contribution in [0.4, 0.5) is 8.78 Å². The Morgan fingerprint density at radius 2 is 1.83 bits per heavy atom. The highest BCUT2D eigenvalue weighted by atomic mass is 35.5. The van der Waals surface area contributed by atoms with Crippen LogP contribution in [0.5, 0.6) is 0 Å². The van der Waals surface area contributed by atoms with Gasteiger partial charge in [0.05, 0.1) is 17.2 Å². The van der Waals surface area contributed by atoms with Crippen LogP contribution in [0.1, 0.15) is 47.0 Å². The van der Waals surface area contributed by atoms with Crippen LogP contribution in [-0.2, 0) is 28.5 Å². The first-order valence-electron chi connectivity index (χ1n) is 12.3. The molecule has 1 heterocycles. The molecule has 4 aliphatic carbocycles. The Morgan fingerprint density at radius 3 is 2.44 bits per heavy atom. The summed E-state index contributed by atoms with van der Waals surface area (Å²) in [6.45, 7) is 6.64. The Labute approximate surface area is 214 Å². The summed E-state index contributed by atoms with van der Waals surface area (Å²) < 4.78 is 56.4. The Morgan fingerprint density at radius 1 is 1.19 bits per heavy atom. The monoisotopic (exact) mass is 530 g/mol. The van der Waals surface area contributed by atoms with E-state index < -0.39 is 76.0 Å². The molecule has 9 atom stereocenters. The molecule has 5 rings (SSSR count). The largest absolute Gasteiger partial charge is 0.390 e. The standard InChI is InChI=1S/C26H33ClF2O7/c1-22(2)35-17-10-12-13-9-14(28)18-19(27)15(30)7-8-23(18,3)25(13,29)16(31)11-24(12,4)26(17,36-22)20(32)21(33-5)34-6/h7-8,12-14,16-17,21,31H,9-11H2,1-6H3/t12-,13-,14-,16-,17+,23-,24-,25-,26-/m0/s1. The van der Waals surface area contributed by atoms with E-state index in [4.69, 9.17) is 30.5 Å². The number of ketones is 2. The molecule has 0 aromatic carbocycles. The number of allylic oxidation sites excluding steroid dienone is 4. The van der Waals surface area contributed by atoms with Gasteiger partial charge in [-0.15, -0.1) is 0 Å². The Balaban J connectivity index is 1.67. The van der Waals surface area contributed by atoms with E-state index in [0.717, 1.165) is 6.08 Å². The zero-order chi connectivity index (χ0) is 26.6. The van der Waals surface area contributed by atoms with Crippen molar-refractivity contribution in [1.82, 2.24) is 0 Å². The molecule has 10 heteroatoms. The lowest BCUT2D eigenvalue weighted by Crippen LogP contribution is -2.71. The van der Waals surface area contributed by atoms with Crippen molar-refractivity contribution in [1.29, 1.82) is 0 Å². The van der Waals surface area contributed by atoms with Crippen LogP contribution in [0.15, 0.2) is 22.8 Å². The third kappa shape index (κ3) is 2.90. The minimum absolute atomic E-state index is 0.130. The third-order valence-electron chi connectivity index (χ3n) is 9.71. The summed E-state index contributed by atoms with van der Waals surface area (Å²) in [5.74, 6) is -3.83. The van der Waals surface area contributed by atoms with Gasteiger partial charge in [-0.05, 0) is 57.6 Å². The molecule has 0 spiro atoms. The molecule has 0 bridgehead atoms. The number of hydrogen-bond acceptors (Lipinski definition) is 7. The number of hydrogen-bond donors (Lipinski definition) is 1. The van der Waals surface area contributed by atoms with Gasteiger partial charge in [-0.2, -0.15) is 0 Å². The number of carbonyl (C=O) groups excluding carboxylic acids is 2. The van der Waals surface area contributed by atoms with Crippen molar-refractivity contribution >= 4 is 23.2 Å². The smallest absolute Gasteiger partial charge is 0.223 e. The van der Waals surface area contributed by atoms with Crippen molar-refractivity contribution in [3.05, 3.63) is 22.8 Å². The van der Waals surface area contributed by atoms with Crippen molar-refractivity contribution in [2.45, 2.75) is 88.7 Å². The van der Waals surface area contributed by atoms with Gasteiger partial charge in [-0.3, -0.25) is 9.59 Å². The lowest BCUT2D eigenvalue weighted by atomic mass is 9.44. The highest BCUT2D eigenvalue weighted by molar-refractivity contribution is 6.45. The van der Waals surface area contributed by atoms with Crippen molar-refractivity contribution in [3.63, 3.8) is 0 Å². The van der Waals surface area contributed by atoms with Gasteiger partial charge in [-0.1, -0.05) is 24.6 Å². The van der Waals surface area contributed by atoms with Crippen LogP contribution in [0.25, 0.3) is 0 Å². The van der Waals surface area contributed by atoms with Gasteiger partial charge in [0.25, 0.3) is 0 Å². The van der Waals surface area contributed by atoms with E-state index in [0.29, 0.717) is 0 Å². The quantitative estimate of drug-likeness (QED) is 0.556. The van der Waals surface area contributed by atoms with E-state index in [1.165, 1.54) is 27.2 Å². The maximum Gasteiger partial charge on any atom is 0.223 e. The summed E-state index contributed by atoms with van der Waals surface area (Å²) in [5, 5.41) is 11.2. The number of rotatable bonds is 4. The third-order valence-corrected chi connectivity index (χ3v) is 10.1. The Kier molecular flexibility index (Phi) is 5.79. The zero-order valence-corrected chi connectivity index (χ0v) is 22.0. The van der Waals surface area contributed by atoms with Crippen LogP contribution < -0.4 is 0 Å². The molecule has 1 aliphatic heterocycles. The zero-order valence-electron chi connectivity index (χ0n) is 21.3. The number of methoxy groups -OCH3 is 2. The summed E-state index contributed by atoms with van der Waals surface area (Å²) in [7, 11) is 2.67. The molecule has 36 heavy (non-hydrogen) atoms. The molecule has 0 amide bonds. The molecular formula is C26H33ClF2O7. The van der Waals surface area contributed by atoms with Crippen LogP contribution in [0, 0.1) is 22.7 Å². The van der Waals surface area contributed by atoms with Crippen molar-refractivity contribution in [2.75, 3.05) is 14.2 Å². The molecule has 3 saturated carbocycles. The fourth-order valence-corrected chi connectivity index (χ4v) is 8.69. The van der Waals surface area contributed by atoms with Gasteiger partial charge in [-0.25, -0.2) is 8.78 Å². The summed E-state index contributed by atoms with van der Waals surface area (Å²) in [6.07, 6.45) is -3.13. The van der Waals surface area contributed by atoms with E-state index in [2.05, 4.69) is 0 Å². The van der Waals surface area contributed by atoms with Crippen LogP contribution in [0.3, 0.4) is 0 Å². The average molecular weight is 531 g/mol. The van der Waals surface area contributed by atoms with Gasteiger partial charge in [0.2, 0.25) is 12.1 Å². The highest BCUT2D eigenvalue weighted by Crippen LogP contribution is 2.73. The van der Waals surface area contributed by atoms with Crippen molar-refractivity contribution in [3.8, 4) is 0 Å². The number of carbonyl (C=O) groups is 2. The number of aliphatic hydroxyl groups is 1. The average Bonchev–Trinajstić information content (AvgIpc) is 3.20. The lowest BCUT2D eigenvalue weighted by Gasteiger charge is -2.63. The number of Topliss-reactive ketones (excluding diaryl/α,β-unsaturated/α-hetero) is 1. The maximum absolute atomic E-state index is 17.5. The molecular weight excluding hydrogens is 498 g/mol. The van der Waals surface area contributed by atoms with Gasteiger partial charge in [0.15, 0.2) is 22.8 Å². The molecule has 0 aromatic heterocycles. The number of alkyl halides is 2. The van der Waals surface area contributed by atoms with Gasteiger partial charge < -0.3 is 24.1 Å². The van der Waals surface area contributed by atoms with Crippen molar-refractivity contribution < 1.29 is 42.4 Å². The normalized spacial score (nSPS) is 49.1. The second kappa shape index (κ2) is 7.90. The molecule has 200 valence electrons.